The maximum absolute atomic E-state index is 12.8. The number of thiazole rings is 1. The first-order valence-corrected chi connectivity index (χ1v) is 11.4. The number of hydrogen-bond acceptors (Lipinski definition) is 14. The molecule has 4 rings (SSSR count). The number of oxime groups is 1. The van der Waals surface area contributed by atoms with Gasteiger partial charge in [-0.3, -0.25) is 24.1 Å². The number of carboxylic acid groups (broad SMARTS) is 1. The van der Waals surface area contributed by atoms with E-state index in [1.54, 1.807) is 0 Å². The van der Waals surface area contributed by atoms with Gasteiger partial charge in [0, 0.05) is 17.7 Å². The molecule has 3 heterocycles. The number of nitrogens with two attached hydrogens (primary N) is 2. The monoisotopic (exact) mass is 529 g/mol. The third-order valence-electron chi connectivity index (χ3n) is 5.12. The Labute approximate surface area is 226 Å². The summed E-state index contributed by atoms with van der Waals surface area (Å²) < 4.78 is 0. The number of fused-ring (bicyclic) bond motifs is 1. The largest absolute Gasteiger partial charge is 1.00 e. The van der Waals surface area contributed by atoms with Crippen molar-refractivity contribution in [3.63, 3.8) is 0 Å². The van der Waals surface area contributed by atoms with E-state index in [2.05, 4.69) is 20.8 Å². The van der Waals surface area contributed by atoms with E-state index >= 15 is 0 Å². The fourth-order valence-corrected chi connectivity index (χ4v) is 5.38. The van der Waals surface area contributed by atoms with Crippen molar-refractivity contribution in [1.82, 2.24) is 15.2 Å². The maximum atomic E-state index is 12.8. The SMILES string of the molecule is CO/N=C(\C(=O)N[C@@H]1C(=O)N2C(C(=O)[O-])=C(CNc3c(N)c(=O)c3=O)CS[C@H]12)c1csc(N)n1.[Na+]. The summed E-state index contributed by atoms with van der Waals surface area (Å²) in [4.78, 5) is 69.8. The molecule has 0 radical (unpaired) electrons. The number of nitrogen functional groups attached to an aromatic ring is 2. The summed E-state index contributed by atoms with van der Waals surface area (Å²) in [5, 5.41) is 21.6. The Balaban J connectivity index is 0.00000342. The van der Waals surface area contributed by atoms with Gasteiger partial charge in [-0.1, -0.05) is 5.16 Å². The van der Waals surface area contributed by atoms with E-state index in [0.717, 1.165) is 16.2 Å². The van der Waals surface area contributed by atoms with Crippen LogP contribution in [0.2, 0.25) is 0 Å². The third kappa shape index (κ3) is 4.66. The van der Waals surface area contributed by atoms with Gasteiger partial charge in [-0.25, -0.2) is 4.98 Å². The van der Waals surface area contributed by atoms with Gasteiger partial charge in [-0.15, -0.1) is 23.1 Å². The summed E-state index contributed by atoms with van der Waals surface area (Å²) in [6.45, 7) is -0.144. The van der Waals surface area contributed by atoms with Crippen molar-refractivity contribution in [2.45, 2.75) is 11.4 Å². The summed E-state index contributed by atoms with van der Waals surface area (Å²) in [7, 11) is 1.24. The molecule has 0 saturated carbocycles. The number of carbonyl (C=O) groups is 3. The molecule has 2 aromatic rings. The Morgan fingerprint density at radius 1 is 1.31 bits per heavy atom. The molecule has 2 aliphatic heterocycles. The van der Waals surface area contributed by atoms with Crippen molar-refractivity contribution in [2.24, 2.45) is 5.16 Å². The first-order chi connectivity index (χ1) is 16.1. The topological polar surface area (TPSA) is 222 Å². The van der Waals surface area contributed by atoms with E-state index in [1.807, 2.05) is 0 Å². The van der Waals surface area contributed by atoms with Crippen LogP contribution < -0.4 is 67.6 Å². The molecule has 0 bridgehead atoms. The Morgan fingerprint density at radius 3 is 2.60 bits per heavy atom. The first kappa shape index (κ1) is 26.7. The number of nitrogens with zero attached hydrogens (tertiary/aromatic N) is 3. The summed E-state index contributed by atoms with van der Waals surface area (Å²) >= 11 is 2.28. The molecule has 178 valence electrons. The number of thioether (sulfide) groups is 1. The Bertz CT molecular complexity index is 1350. The molecule has 0 spiro atoms. The molecule has 2 aliphatic rings. The molecule has 0 aliphatic carbocycles. The number of nitrogens with one attached hydrogen (secondary N) is 2. The van der Waals surface area contributed by atoms with Crippen LogP contribution in [0.1, 0.15) is 5.69 Å². The molecule has 35 heavy (non-hydrogen) atoms. The third-order valence-corrected chi connectivity index (χ3v) is 7.13. The maximum Gasteiger partial charge on any atom is 1.00 e. The molecular formula is C18H16N7NaO7S2. The van der Waals surface area contributed by atoms with Gasteiger partial charge in [0.2, 0.25) is 0 Å². The van der Waals surface area contributed by atoms with Crippen molar-refractivity contribution in [3.05, 3.63) is 42.8 Å². The zero-order valence-corrected chi connectivity index (χ0v) is 21.9. The molecule has 1 aromatic heterocycles. The zero-order chi connectivity index (χ0) is 24.7. The van der Waals surface area contributed by atoms with Crippen LogP contribution in [0.15, 0.2) is 31.4 Å². The molecular weight excluding hydrogens is 513 g/mol. The number of β-lactam (4-membered cyclic amide) rings is 1. The molecule has 1 fully saturated rings. The molecule has 2 amide bonds. The summed E-state index contributed by atoms with van der Waals surface area (Å²) in [6, 6.07) is -1.04. The minimum atomic E-state index is -1.60. The average molecular weight is 529 g/mol. The van der Waals surface area contributed by atoms with Crippen LogP contribution in [0.4, 0.5) is 16.5 Å². The predicted molar refractivity (Wildman–Crippen MR) is 121 cm³/mol. The second-order valence-corrected chi connectivity index (χ2v) is 9.09. The van der Waals surface area contributed by atoms with Gasteiger partial charge in [-0.2, -0.15) is 0 Å². The van der Waals surface area contributed by atoms with Gasteiger partial charge >= 0.3 is 29.6 Å². The molecule has 17 heteroatoms. The van der Waals surface area contributed by atoms with Gasteiger partial charge in [-0.05, 0) is 5.57 Å². The van der Waals surface area contributed by atoms with Crippen LogP contribution in [0.5, 0.6) is 0 Å². The number of amides is 2. The second-order valence-electron chi connectivity index (χ2n) is 7.09. The van der Waals surface area contributed by atoms with E-state index in [4.69, 9.17) is 16.3 Å². The minimum absolute atomic E-state index is 0. The van der Waals surface area contributed by atoms with Gasteiger partial charge in [0.1, 0.15) is 35.6 Å². The summed E-state index contributed by atoms with van der Waals surface area (Å²) in [5.74, 6) is -2.88. The standard InChI is InChI=1S/C18H17N7O7S2.Na/c1-32-24-8(6-4-34-18(20)22-6)14(28)23-10-15(29)25-11(17(30)31)5(3-33-16(10)25)2-21-9-7(19)12(26)13(9)27;/h4,10,16,21H,2-3,19H2,1H3,(H2,20,22)(H,23,28)(H,30,31);/q;+1/p-1/b24-8-;/t10-,16-;/m1./s1. The fraction of sp³-hybridized carbons (Fsp3) is 0.278. The fourth-order valence-electron chi connectivity index (χ4n) is 3.49. The summed E-state index contributed by atoms with van der Waals surface area (Å²) in [5.41, 5.74) is 8.95. The van der Waals surface area contributed by atoms with Crippen LogP contribution >= 0.6 is 23.1 Å². The van der Waals surface area contributed by atoms with Gasteiger partial charge in [0.15, 0.2) is 10.8 Å². The first-order valence-electron chi connectivity index (χ1n) is 9.49. The van der Waals surface area contributed by atoms with Crippen molar-refractivity contribution >= 4 is 63.1 Å². The number of carboxylic acids is 1. The number of anilines is 3. The van der Waals surface area contributed by atoms with E-state index in [-0.39, 0.29) is 81.0 Å². The van der Waals surface area contributed by atoms with Crippen LogP contribution in [0.3, 0.4) is 0 Å². The number of rotatable bonds is 8. The summed E-state index contributed by atoms with van der Waals surface area (Å²) in [6.07, 6.45) is 0. The average Bonchev–Trinajstić information content (AvgIpc) is 3.25. The Kier molecular flexibility index (Phi) is 7.90. The van der Waals surface area contributed by atoms with Crippen LogP contribution in [0, 0.1) is 0 Å². The van der Waals surface area contributed by atoms with E-state index in [9.17, 15) is 29.1 Å². The van der Waals surface area contributed by atoms with Crippen molar-refractivity contribution in [1.29, 1.82) is 0 Å². The van der Waals surface area contributed by atoms with Gasteiger partial charge in [0.05, 0.1) is 11.7 Å². The quantitative estimate of drug-likeness (QED) is 0.0824. The number of hydrogen-bond donors (Lipinski definition) is 4. The normalized spacial score (nSPS) is 19.5. The molecule has 1 saturated heterocycles. The predicted octanol–water partition coefficient (Wildman–Crippen LogP) is -6.23. The van der Waals surface area contributed by atoms with Crippen molar-refractivity contribution < 1.29 is 53.9 Å². The number of aromatic nitrogens is 1. The van der Waals surface area contributed by atoms with E-state index in [0.29, 0.717) is 0 Å². The van der Waals surface area contributed by atoms with Crippen molar-refractivity contribution in [3.8, 4) is 0 Å². The van der Waals surface area contributed by atoms with Crippen LogP contribution in [-0.4, -0.2) is 64.2 Å². The van der Waals surface area contributed by atoms with Crippen LogP contribution in [0.25, 0.3) is 0 Å². The Hall–Kier alpha value is -2.92. The smallest absolute Gasteiger partial charge is 0.543 e. The zero-order valence-electron chi connectivity index (χ0n) is 18.3. The molecule has 0 unspecified atom stereocenters. The van der Waals surface area contributed by atoms with E-state index in [1.165, 1.54) is 24.3 Å². The molecule has 14 nitrogen and oxygen atoms in total. The van der Waals surface area contributed by atoms with Crippen LogP contribution in [-0.2, 0) is 19.2 Å². The number of carbonyl (C=O) groups excluding carboxylic acids is 3. The number of aliphatic carboxylic acids is 1. The Morgan fingerprint density at radius 2 is 2.03 bits per heavy atom. The van der Waals surface area contributed by atoms with Gasteiger partial charge < -0.3 is 36.8 Å². The van der Waals surface area contributed by atoms with Crippen molar-refractivity contribution in [2.75, 3.05) is 36.2 Å². The van der Waals surface area contributed by atoms with Gasteiger partial charge in [0.25, 0.3) is 22.7 Å². The molecule has 6 N–H and O–H groups in total. The molecule has 2 atom stereocenters. The minimum Gasteiger partial charge on any atom is -0.543 e. The van der Waals surface area contributed by atoms with E-state index < -0.39 is 40.1 Å². The second kappa shape index (κ2) is 10.4. The molecule has 1 aromatic carbocycles.